The lowest BCUT2D eigenvalue weighted by atomic mass is 9.91. The number of β-amino-alcohol motifs (C(OH)–C–C–N with tert-alkyl or cyclic N) is 1. The van der Waals surface area contributed by atoms with E-state index in [0.717, 1.165) is 117 Å². The molecule has 5 N–H and O–H groups in total. The first kappa shape index (κ1) is 52.2. The number of amides is 2. The minimum atomic E-state index is -0.814. The summed E-state index contributed by atoms with van der Waals surface area (Å²) in [5.41, 5.74) is 14.5. The third kappa shape index (κ3) is 11.4. The van der Waals surface area contributed by atoms with E-state index in [0.29, 0.717) is 40.5 Å². The number of para-hydroxylation sites is 1. The van der Waals surface area contributed by atoms with Crippen LogP contribution in [0.3, 0.4) is 0 Å². The molecule has 5 aliphatic heterocycles. The molecule has 2 amide bonds. The zero-order valence-electron chi connectivity index (χ0n) is 44.4. The Bertz CT molecular complexity index is 3010. The van der Waals surface area contributed by atoms with Gasteiger partial charge in [0.2, 0.25) is 17.7 Å². The number of thiazole rings is 1. The fourth-order valence-electron chi connectivity index (χ4n) is 12.3. The number of aliphatic hydroxyl groups is 1. The average Bonchev–Trinajstić information content (AvgIpc) is 4.13. The number of nitrogens with one attached hydrogen (secondary N) is 1. The van der Waals surface area contributed by atoms with Crippen molar-refractivity contribution in [2.24, 2.45) is 11.8 Å². The van der Waals surface area contributed by atoms with Gasteiger partial charge in [-0.1, -0.05) is 55.4 Å². The molecule has 6 aliphatic rings. The van der Waals surface area contributed by atoms with Gasteiger partial charge in [-0.2, -0.15) is 0 Å². The van der Waals surface area contributed by atoms with E-state index in [1.165, 1.54) is 4.90 Å². The van der Waals surface area contributed by atoms with Crippen LogP contribution in [0.15, 0.2) is 89.0 Å². The fourth-order valence-corrected chi connectivity index (χ4v) is 13.2. The number of rotatable bonds is 15. The molecule has 18 nitrogen and oxygen atoms in total. The summed E-state index contributed by atoms with van der Waals surface area (Å²) in [6.07, 6.45) is 9.10. The Hall–Kier alpha value is -6.83. The molecule has 406 valence electrons. The Morgan fingerprint density at radius 3 is 2.36 bits per heavy atom. The van der Waals surface area contributed by atoms with Gasteiger partial charge >= 0.3 is 0 Å². The number of hydrogen-bond acceptors (Lipinski definition) is 17. The minimum absolute atomic E-state index is 0.0644. The van der Waals surface area contributed by atoms with E-state index in [4.69, 9.17) is 19.7 Å². The number of phenolic OH excluding ortho intramolecular Hbond substituents is 1. The smallest absolute Gasteiger partial charge is 0.243 e. The van der Waals surface area contributed by atoms with Crippen molar-refractivity contribution in [1.82, 2.24) is 35.5 Å². The highest BCUT2D eigenvalue weighted by Crippen LogP contribution is 2.40. The standard InChI is InChI=1S/C58H71N11O7S/c1-34(2)54(58(73)69-32-42(70)26-49(69)57(72)62-35(3)38-10-12-39(13-11-38)55-36(4)61-33-77-55)51-28-52(65-76-51)66-23-20-45(21-24-66)74-43-15-17-44(18-16-43)75-53-25-40(19-22-60-53)68-30-37-9-14-41(68)31-67(29-37)48-27-47(63-64-56(48)59)46-7-5-6-8-50(46)71/h5-8,10-13,19,22,25,27-28,33-35,37,41-45,49,54,70-71H,9,14-18,20-21,23-24,26,29-32H2,1-4H3,(H2,59,64)(H,62,72)/t35-,37?,41?,42+,43-,44-,49-,54+/m0/s1. The average molecular weight is 1070 g/mol. The van der Waals surface area contributed by atoms with Crippen LogP contribution < -0.4 is 30.5 Å². The number of phenols is 1. The van der Waals surface area contributed by atoms with Crippen LogP contribution in [0, 0.1) is 18.8 Å². The van der Waals surface area contributed by atoms with Gasteiger partial charge in [0, 0.05) is 81.3 Å². The summed E-state index contributed by atoms with van der Waals surface area (Å²) in [6.45, 7) is 12.0. The summed E-state index contributed by atoms with van der Waals surface area (Å²) in [4.78, 5) is 46.9. The van der Waals surface area contributed by atoms with E-state index in [-0.39, 0.29) is 66.8 Å². The molecule has 2 aromatic carbocycles. The third-order valence-electron chi connectivity index (χ3n) is 16.5. The Kier molecular flexibility index (Phi) is 15.4. The Balaban J connectivity index is 0.642. The second-order valence-electron chi connectivity index (χ2n) is 22.2. The first-order chi connectivity index (χ1) is 37.3. The molecule has 6 fully saturated rings. The fraction of sp³-hybridized carbons (Fsp3) is 0.500. The Morgan fingerprint density at radius 1 is 0.844 bits per heavy atom. The van der Waals surface area contributed by atoms with Crippen LogP contribution in [-0.2, 0) is 14.3 Å². The van der Waals surface area contributed by atoms with Crippen LogP contribution >= 0.6 is 11.3 Å². The number of carbonyl (C=O) groups excluding carboxylic acids is 2. The number of aromatic hydroxyl groups is 1. The van der Waals surface area contributed by atoms with Crippen molar-refractivity contribution in [3.63, 3.8) is 0 Å². The number of nitrogens with two attached hydrogens (primary N) is 1. The van der Waals surface area contributed by atoms with Gasteiger partial charge < -0.3 is 54.9 Å². The summed E-state index contributed by atoms with van der Waals surface area (Å²) in [5, 5.41) is 37.5. The topological polar surface area (TPSA) is 222 Å². The Labute approximate surface area is 454 Å². The van der Waals surface area contributed by atoms with Crippen molar-refractivity contribution < 1.29 is 33.8 Å². The van der Waals surface area contributed by atoms with Gasteiger partial charge in [0.05, 0.1) is 51.8 Å². The lowest BCUT2D eigenvalue weighted by molar-refractivity contribution is -0.141. The molecule has 12 rings (SSSR count). The molecular weight excluding hydrogens is 995 g/mol. The molecule has 77 heavy (non-hydrogen) atoms. The van der Waals surface area contributed by atoms with Gasteiger partial charge in [-0.25, -0.2) is 9.97 Å². The number of anilines is 4. The Morgan fingerprint density at radius 2 is 1.61 bits per heavy atom. The van der Waals surface area contributed by atoms with Crippen LogP contribution in [0.5, 0.6) is 11.6 Å². The second kappa shape index (κ2) is 22.6. The number of carbonyl (C=O) groups is 2. The molecule has 5 saturated heterocycles. The molecule has 2 bridgehead atoms. The lowest BCUT2D eigenvalue weighted by Crippen LogP contribution is -2.48. The van der Waals surface area contributed by atoms with E-state index < -0.39 is 18.1 Å². The number of likely N-dealkylation sites (tertiary alicyclic amines) is 1. The molecule has 19 heteroatoms. The summed E-state index contributed by atoms with van der Waals surface area (Å²) < 4.78 is 19.2. The van der Waals surface area contributed by atoms with E-state index in [1.807, 2.05) is 87.9 Å². The number of nitrogens with zero attached hydrogens (tertiary/aromatic N) is 9. The normalized spacial score (nSPS) is 23.8. The predicted molar refractivity (Wildman–Crippen MR) is 296 cm³/mol. The van der Waals surface area contributed by atoms with E-state index in [9.17, 15) is 19.8 Å². The van der Waals surface area contributed by atoms with Gasteiger partial charge in [-0.05, 0) is 112 Å². The summed E-state index contributed by atoms with van der Waals surface area (Å²) in [7, 11) is 0. The minimum Gasteiger partial charge on any atom is -0.507 e. The quantitative estimate of drug-likeness (QED) is 0.0759. The van der Waals surface area contributed by atoms with Crippen molar-refractivity contribution in [2.45, 2.75) is 134 Å². The number of nitrogen functional groups attached to an aromatic ring is 1. The van der Waals surface area contributed by atoms with Gasteiger partial charge in [-0.3, -0.25) is 9.59 Å². The number of aryl methyl sites for hydroxylation is 1. The first-order valence-corrected chi connectivity index (χ1v) is 28.4. The molecule has 0 radical (unpaired) electrons. The summed E-state index contributed by atoms with van der Waals surface area (Å²) in [5.74, 6) is 1.40. The maximum absolute atomic E-state index is 14.4. The lowest BCUT2D eigenvalue weighted by Gasteiger charge is -2.38. The van der Waals surface area contributed by atoms with Crippen LogP contribution in [0.2, 0.25) is 0 Å². The monoisotopic (exact) mass is 1070 g/mol. The van der Waals surface area contributed by atoms with Crippen molar-refractivity contribution in [3.05, 3.63) is 102 Å². The molecule has 9 heterocycles. The number of fused-ring (bicyclic) bond motifs is 4. The maximum atomic E-state index is 14.4. The number of piperidine rings is 2. The zero-order chi connectivity index (χ0) is 53.3. The maximum Gasteiger partial charge on any atom is 0.243 e. The van der Waals surface area contributed by atoms with Crippen LogP contribution in [0.4, 0.5) is 23.0 Å². The second-order valence-corrected chi connectivity index (χ2v) is 23.0. The van der Waals surface area contributed by atoms with Gasteiger partial charge in [0.25, 0.3) is 0 Å². The number of benzene rings is 2. The highest BCUT2D eigenvalue weighted by molar-refractivity contribution is 7.13. The number of aliphatic hydroxyl groups excluding tert-OH is 1. The van der Waals surface area contributed by atoms with Gasteiger partial charge in [0.15, 0.2) is 17.4 Å². The van der Waals surface area contributed by atoms with E-state index >= 15 is 0 Å². The van der Waals surface area contributed by atoms with Crippen molar-refractivity contribution in [1.29, 1.82) is 0 Å². The molecule has 2 unspecified atom stereocenters. The van der Waals surface area contributed by atoms with E-state index in [1.54, 1.807) is 23.5 Å². The number of aromatic nitrogens is 5. The highest BCUT2D eigenvalue weighted by atomic mass is 32.1. The summed E-state index contributed by atoms with van der Waals surface area (Å²) in [6, 6.07) is 22.4. The van der Waals surface area contributed by atoms with Crippen molar-refractivity contribution >= 4 is 46.2 Å². The zero-order valence-corrected chi connectivity index (χ0v) is 45.2. The largest absolute Gasteiger partial charge is 0.507 e. The SMILES string of the molecule is Cc1ncsc1-c1ccc([C@H](C)NC(=O)[C@@H]2C[C@@H](O)CN2C(=O)[C@@H](c2cc(N3CCC(O[C@H]4CC[C@H](Oc5cc(N6CC7CCC6CN(c6cc(-c8ccccc8O)nnc6N)C7)ccn5)CC4)CC3)no2)C(C)C)cc1. The van der Waals surface area contributed by atoms with Crippen LogP contribution in [-0.4, -0.2) is 128 Å². The molecule has 0 spiro atoms. The highest BCUT2D eigenvalue weighted by Gasteiger charge is 2.44. The molecule has 6 atom stereocenters. The molecule has 1 saturated carbocycles. The predicted octanol–water partition coefficient (Wildman–Crippen LogP) is 8.31. The third-order valence-corrected chi connectivity index (χ3v) is 17.5. The van der Waals surface area contributed by atoms with Crippen LogP contribution in [0.25, 0.3) is 21.7 Å². The molecular formula is C58H71N11O7S. The molecule has 1 aliphatic carbocycles. The van der Waals surface area contributed by atoms with Crippen molar-refractivity contribution in [2.75, 3.05) is 59.7 Å². The van der Waals surface area contributed by atoms with Gasteiger partial charge in [-0.15, -0.1) is 21.5 Å². The summed E-state index contributed by atoms with van der Waals surface area (Å²) >= 11 is 1.60. The van der Waals surface area contributed by atoms with Crippen LogP contribution in [0.1, 0.15) is 108 Å². The van der Waals surface area contributed by atoms with Gasteiger partial charge in [0.1, 0.15) is 23.8 Å². The molecule has 6 aromatic rings. The number of pyridine rings is 1. The molecule has 4 aromatic heterocycles. The number of hydrogen-bond donors (Lipinski definition) is 4. The van der Waals surface area contributed by atoms with E-state index in [2.05, 4.69) is 57.5 Å². The number of ether oxygens (including phenoxy) is 2. The van der Waals surface area contributed by atoms with Crippen molar-refractivity contribution in [3.8, 4) is 33.3 Å². The first-order valence-electron chi connectivity index (χ1n) is 27.5.